The Morgan fingerprint density at radius 3 is 2.34 bits per heavy atom. The summed E-state index contributed by atoms with van der Waals surface area (Å²) < 4.78 is 10.2. The number of hydrogen-bond acceptors (Lipinski definition) is 6. The summed E-state index contributed by atoms with van der Waals surface area (Å²) in [6, 6.07) is 11.4. The maximum absolute atomic E-state index is 12.7. The van der Waals surface area contributed by atoms with Crippen LogP contribution in [-0.4, -0.2) is 48.3 Å². The van der Waals surface area contributed by atoms with Crippen molar-refractivity contribution in [3.8, 4) is 5.75 Å². The lowest BCUT2D eigenvalue weighted by Crippen LogP contribution is -2.57. The molecule has 0 saturated carbocycles. The number of amides is 3. The number of halogens is 1. The van der Waals surface area contributed by atoms with Gasteiger partial charge in [-0.2, -0.15) is 0 Å². The van der Waals surface area contributed by atoms with Gasteiger partial charge in [0.2, 0.25) is 11.8 Å². The first-order chi connectivity index (χ1) is 15.2. The molecule has 0 heterocycles. The number of carbonyl (C=O) groups is 3. The zero-order valence-corrected chi connectivity index (χ0v) is 18.5. The van der Waals surface area contributed by atoms with Gasteiger partial charge in [0.15, 0.2) is 0 Å². The third kappa shape index (κ3) is 7.44. The number of aliphatic hydroxyl groups is 1. The van der Waals surface area contributed by atoms with Gasteiger partial charge in [0.1, 0.15) is 24.4 Å². The molecule has 0 aliphatic carbocycles. The third-order valence-electron chi connectivity index (χ3n) is 4.57. The predicted octanol–water partition coefficient (Wildman–Crippen LogP) is 1.54. The SMILES string of the molecule is COc1ccc(C[C@H](NC(=O)[C@@H](NC(=O)OCc2ccccc2)[C@@H](C)O)C(N)=O)cc1Cl. The number of rotatable bonds is 10. The zero-order valence-electron chi connectivity index (χ0n) is 17.7. The molecule has 0 bridgehead atoms. The van der Waals surface area contributed by atoms with Crippen LogP contribution in [0.2, 0.25) is 5.02 Å². The number of methoxy groups -OCH3 is 1. The van der Waals surface area contributed by atoms with Crippen LogP contribution in [0.25, 0.3) is 0 Å². The van der Waals surface area contributed by atoms with E-state index in [2.05, 4.69) is 10.6 Å². The Balaban J connectivity index is 2.01. The molecule has 0 aliphatic heterocycles. The van der Waals surface area contributed by atoms with E-state index in [1.54, 1.807) is 42.5 Å². The van der Waals surface area contributed by atoms with Crippen LogP contribution < -0.4 is 21.1 Å². The number of alkyl carbamates (subject to hydrolysis) is 1. The number of hydrogen-bond donors (Lipinski definition) is 4. The first kappa shape index (κ1) is 25.0. The predicted molar refractivity (Wildman–Crippen MR) is 118 cm³/mol. The molecule has 0 radical (unpaired) electrons. The molecule has 0 unspecified atom stereocenters. The largest absolute Gasteiger partial charge is 0.495 e. The molecule has 0 aromatic heterocycles. The second-order valence-corrected chi connectivity index (χ2v) is 7.47. The van der Waals surface area contributed by atoms with Gasteiger partial charge >= 0.3 is 6.09 Å². The monoisotopic (exact) mass is 463 g/mol. The summed E-state index contributed by atoms with van der Waals surface area (Å²) >= 11 is 6.10. The van der Waals surface area contributed by atoms with Crippen LogP contribution in [-0.2, 0) is 27.4 Å². The van der Waals surface area contributed by atoms with Crippen LogP contribution in [0, 0.1) is 0 Å². The number of ether oxygens (including phenoxy) is 2. The Bertz CT molecular complexity index is 939. The Morgan fingerprint density at radius 1 is 1.09 bits per heavy atom. The van der Waals surface area contributed by atoms with Crippen molar-refractivity contribution in [1.29, 1.82) is 0 Å². The second kappa shape index (κ2) is 11.9. The Morgan fingerprint density at radius 2 is 1.78 bits per heavy atom. The Hall–Kier alpha value is -3.30. The van der Waals surface area contributed by atoms with E-state index >= 15 is 0 Å². The van der Waals surface area contributed by atoms with Crippen molar-refractivity contribution in [2.45, 2.75) is 38.1 Å². The molecule has 0 saturated heterocycles. The molecule has 0 fully saturated rings. The van der Waals surface area contributed by atoms with Gasteiger partial charge in [-0.1, -0.05) is 48.0 Å². The number of nitrogens with two attached hydrogens (primary N) is 1. The normalized spacial score (nSPS) is 13.4. The lowest BCUT2D eigenvalue weighted by atomic mass is 10.0. The quantitative estimate of drug-likeness (QED) is 0.421. The summed E-state index contributed by atoms with van der Waals surface area (Å²) in [7, 11) is 1.47. The summed E-state index contributed by atoms with van der Waals surface area (Å²) in [5.41, 5.74) is 6.82. The molecular formula is C22H26ClN3O6. The van der Waals surface area contributed by atoms with Gasteiger partial charge in [0, 0.05) is 6.42 Å². The van der Waals surface area contributed by atoms with E-state index < -0.39 is 36.1 Å². The molecule has 172 valence electrons. The molecular weight excluding hydrogens is 438 g/mol. The molecule has 0 aliphatic rings. The topological polar surface area (TPSA) is 140 Å². The summed E-state index contributed by atoms with van der Waals surface area (Å²) in [4.78, 5) is 36.7. The first-order valence-corrected chi connectivity index (χ1v) is 10.2. The fraction of sp³-hybridized carbons (Fsp3) is 0.318. The van der Waals surface area contributed by atoms with Gasteiger partial charge in [-0.3, -0.25) is 9.59 Å². The van der Waals surface area contributed by atoms with Gasteiger partial charge in [0.25, 0.3) is 0 Å². The van der Waals surface area contributed by atoms with Gasteiger partial charge in [-0.05, 0) is 30.2 Å². The van der Waals surface area contributed by atoms with Crippen molar-refractivity contribution in [3.63, 3.8) is 0 Å². The van der Waals surface area contributed by atoms with Crippen molar-refractivity contribution in [2.24, 2.45) is 5.73 Å². The van der Waals surface area contributed by atoms with E-state index in [-0.39, 0.29) is 13.0 Å². The number of nitrogens with one attached hydrogen (secondary N) is 2. The highest BCUT2D eigenvalue weighted by Gasteiger charge is 2.29. The lowest BCUT2D eigenvalue weighted by molar-refractivity contribution is -0.130. The Kier molecular flexibility index (Phi) is 9.30. The molecule has 5 N–H and O–H groups in total. The molecule has 2 aromatic carbocycles. The van der Waals surface area contributed by atoms with Gasteiger partial charge in [-0.25, -0.2) is 4.79 Å². The minimum atomic E-state index is -1.36. The zero-order chi connectivity index (χ0) is 23.7. The summed E-state index contributed by atoms with van der Waals surface area (Å²) in [6.45, 7) is 1.31. The highest BCUT2D eigenvalue weighted by molar-refractivity contribution is 6.32. The number of aliphatic hydroxyl groups excluding tert-OH is 1. The molecule has 2 aromatic rings. The highest BCUT2D eigenvalue weighted by Crippen LogP contribution is 2.25. The number of benzene rings is 2. The van der Waals surface area contributed by atoms with Gasteiger partial charge in [0.05, 0.1) is 18.2 Å². The van der Waals surface area contributed by atoms with Crippen LogP contribution in [0.4, 0.5) is 4.79 Å². The summed E-state index contributed by atoms with van der Waals surface area (Å²) in [6.07, 6.45) is -2.11. The van der Waals surface area contributed by atoms with Crippen LogP contribution in [0.15, 0.2) is 48.5 Å². The van der Waals surface area contributed by atoms with Crippen LogP contribution in [0.1, 0.15) is 18.1 Å². The molecule has 9 nitrogen and oxygen atoms in total. The minimum Gasteiger partial charge on any atom is -0.495 e. The van der Waals surface area contributed by atoms with E-state index in [1.807, 2.05) is 6.07 Å². The molecule has 32 heavy (non-hydrogen) atoms. The smallest absolute Gasteiger partial charge is 0.408 e. The lowest BCUT2D eigenvalue weighted by Gasteiger charge is -2.23. The van der Waals surface area contributed by atoms with E-state index in [0.717, 1.165) is 5.56 Å². The number of carbonyl (C=O) groups excluding carboxylic acids is 3. The second-order valence-electron chi connectivity index (χ2n) is 7.06. The fourth-order valence-corrected chi connectivity index (χ4v) is 3.13. The molecule has 3 atom stereocenters. The molecule has 10 heteroatoms. The maximum Gasteiger partial charge on any atom is 0.408 e. The van der Waals surface area contributed by atoms with E-state index in [9.17, 15) is 19.5 Å². The van der Waals surface area contributed by atoms with Crippen molar-refractivity contribution in [1.82, 2.24) is 10.6 Å². The van der Waals surface area contributed by atoms with Gasteiger partial charge in [-0.15, -0.1) is 0 Å². The summed E-state index contributed by atoms with van der Waals surface area (Å²) in [5, 5.41) is 15.1. The fourth-order valence-electron chi connectivity index (χ4n) is 2.85. The summed E-state index contributed by atoms with van der Waals surface area (Å²) in [5.74, 6) is -1.12. The average Bonchev–Trinajstić information content (AvgIpc) is 2.76. The maximum atomic E-state index is 12.7. The highest BCUT2D eigenvalue weighted by atomic mass is 35.5. The number of primary amides is 1. The van der Waals surface area contributed by atoms with Crippen molar-refractivity contribution >= 4 is 29.5 Å². The first-order valence-electron chi connectivity index (χ1n) is 9.78. The van der Waals surface area contributed by atoms with Crippen LogP contribution in [0.3, 0.4) is 0 Å². The van der Waals surface area contributed by atoms with Crippen LogP contribution >= 0.6 is 11.6 Å². The Labute approximate surface area is 190 Å². The standard InChI is InChI=1S/C22H26ClN3O6/c1-13(27)19(26-22(30)32-12-14-6-4-3-5-7-14)21(29)25-17(20(24)28)11-15-8-9-18(31-2)16(23)10-15/h3-10,13,17,19,27H,11-12H2,1-2H3,(H2,24,28)(H,25,29)(H,26,30)/t13-,17+,19+/m1/s1. The van der Waals surface area contributed by atoms with Crippen molar-refractivity contribution < 1.29 is 29.0 Å². The molecule has 3 amide bonds. The van der Waals surface area contributed by atoms with Gasteiger partial charge < -0.3 is 30.9 Å². The van der Waals surface area contributed by atoms with Crippen LogP contribution in [0.5, 0.6) is 5.75 Å². The van der Waals surface area contributed by atoms with E-state index in [0.29, 0.717) is 16.3 Å². The minimum absolute atomic E-state index is 0.0110. The van der Waals surface area contributed by atoms with E-state index in [4.69, 9.17) is 26.8 Å². The average molecular weight is 464 g/mol. The third-order valence-corrected chi connectivity index (χ3v) is 4.86. The van der Waals surface area contributed by atoms with Crippen molar-refractivity contribution in [2.75, 3.05) is 7.11 Å². The van der Waals surface area contributed by atoms with E-state index in [1.165, 1.54) is 14.0 Å². The molecule has 2 rings (SSSR count). The molecule has 0 spiro atoms. The van der Waals surface area contributed by atoms with Crippen molar-refractivity contribution in [3.05, 3.63) is 64.7 Å².